The van der Waals surface area contributed by atoms with Crippen molar-refractivity contribution in [1.29, 1.82) is 0 Å². The average Bonchev–Trinajstić information content (AvgIpc) is 2.37. The van der Waals surface area contributed by atoms with Crippen molar-refractivity contribution in [3.8, 4) is 5.75 Å². The first-order chi connectivity index (χ1) is 8.99. The minimum absolute atomic E-state index is 0.0317. The first-order valence-electron chi connectivity index (χ1n) is 5.33. The summed E-state index contributed by atoms with van der Waals surface area (Å²) in [6, 6.07) is 6.81. The molecule has 4 N–H and O–H groups in total. The molecule has 19 heavy (non-hydrogen) atoms. The van der Waals surface area contributed by atoms with E-state index in [-0.39, 0.29) is 16.9 Å². The number of phenols is 1. The van der Waals surface area contributed by atoms with E-state index in [1.807, 2.05) is 0 Å². The Morgan fingerprint density at radius 3 is 2.63 bits per heavy atom. The zero-order valence-corrected chi connectivity index (χ0v) is 9.65. The number of carbonyl (C=O) groups excluding carboxylic acids is 1. The Kier molecular flexibility index (Phi) is 3.33. The molecule has 0 aromatic heterocycles. The van der Waals surface area contributed by atoms with Crippen LogP contribution in [0.2, 0.25) is 0 Å². The maximum Gasteiger partial charge on any atom is 0.259 e. The van der Waals surface area contributed by atoms with Gasteiger partial charge in [0.2, 0.25) is 0 Å². The molecular weight excluding hydrogens is 254 g/mol. The van der Waals surface area contributed by atoms with Gasteiger partial charge in [-0.25, -0.2) is 8.78 Å². The summed E-state index contributed by atoms with van der Waals surface area (Å²) < 4.78 is 26.5. The number of phenolic OH excluding ortho intramolecular Hbond substituents is 1. The molecule has 6 heteroatoms. The van der Waals surface area contributed by atoms with Gasteiger partial charge < -0.3 is 16.2 Å². The molecule has 2 rings (SSSR count). The van der Waals surface area contributed by atoms with Crippen LogP contribution in [0.15, 0.2) is 36.4 Å². The molecule has 4 nitrogen and oxygen atoms in total. The molecule has 2 aromatic rings. The number of para-hydroxylation sites is 1. The molecule has 0 aliphatic heterocycles. The summed E-state index contributed by atoms with van der Waals surface area (Å²) in [4.78, 5) is 11.8. The molecule has 0 bridgehead atoms. The van der Waals surface area contributed by atoms with E-state index >= 15 is 0 Å². The van der Waals surface area contributed by atoms with Crippen LogP contribution < -0.4 is 11.1 Å². The molecule has 0 heterocycles. The Labute approximate surface area is 107 Å². The zero-order valence-electron chi connectivity index (χ0n) is 9.65. The highest BCUT2D eigenvalue weighted by Crippen LogP contribution is 2.24. The highest BCUT2D eigenvalue weighted by molar-refractivity contribution is 6.07. The SMILES string of the molecule is Nc1cccc(F)c1NC(=O)c1cc(F)ccc1O. The number of benzene rings is 2. The van der Waals surface area contributed by atoms with Gasteiger partial charge in [-0.1, -0.05) is 6.07 Å². The second-order valence-electron chi connectivity index (χ2n) is 3.82. The molecule has 0 saturated carbocycles. The monoisotopic (exact) mass is 264 g/mol. The van der Waals surface area contributed by atoms with Crippen LogP contribution in [0.4, 0.5) is 20.2 Å². The van der Waals surface area contributed by atoms with E-state index in [0.717, 1.165) is 24.3 Å². The summed E-state index contributed by atoms with van der Waals surface area (Å²) in [5, 5.41) is 11.7. The lowest BCUT2D eigenvalue weighted by Crippen LogP contribution is -2.15. The number of nitrogen functional groups attached to an aromatic ring is 1. The molecule has 98 valence electrons. The van der Waals surface area contributed by atoms with E-state index in [1.165, 1.54) is 12.1 Å². The van der Waals surface area contributed by atoms with Crippen molar-refractivity contribution in [3.05, 3.63) is 53.6 Å². The number of anilines is 2. The molecule has 0 unspecified atom stereocenters. The molecule has 0 aliphatic carbocycles. The smallest absolute Gasteiger partial charge is 0.259 e. The fraction of sp³-hybridized carbons (Fsp3) is 0. The summed E-state index contributed by atoms with van der Waals surface area (Å²) in [7, 11) is 0. The predicted molar refractivity (Wildman–Crippen MR) is 66.8 cm³/mol. The number of nitrogens with two attached hydrogens (primary N) is 1. The third-order valence-corrected chi connectivity index (χ3v) is 2.49. The fourth-order valence-electron chi connectivity index (χ4n) is 1.54. The number of nitrogens with one attached hydrogen (secondary N) is 1. The van der Waals surface area contributed by atoms with Gasteiger partial charge in [-0.3, -0.25) is 4.79 Å². The number of amides is 1. The van der Waals surface area contributed by atoms with Gasteiger partial charge in [0.05, 0.1) is 11.3 Å². The van der Waals surface area contributed by atoms with E-state index in [4.69, 9.17) is 5.73 Å². The highest BCUT2D eigenvalue weighted by atomic mass is 19.1. The standard InChI is InChI=1S/C13H10F2N2O2/c14-7-4-5-11(18)8(6-7)13(19)17-12-9(15)2-1-3-10(12)16/h1-6,18H,16H2,(H,17,19). The van der Waals surface area contributed by atoms with Gasteiger partial charge >= 0.3 is 0 Å². The number of halogens is 2. The van der Waals surface area contributed by atoms with E-state index in [2.05, 4.69) is 5.32 Å². The van der Waals surface area contributed by atoms with Crippen molar-refractivity contribution >= 4 is 17.3 Å². The average molecular weight is 264 g/mol. The van der Waals surface area contributed by atoms with Crippen molar-refractivity contribution in [2.24, 2.45) is 0 Å². The summed E-state index contributed by atoms with van der Waals surface area (Å²) in [6.07, 6.45) is 0. The van der Waals surface area contributed by atoms with Gasteiger partial charge in [0.1, 0.15) is 23.1 Å². The summed E-state index contributed by atoms with van der Waals surface area (Å²) in [5.41, 5.74) is 5.04. The molecular formula is C13H10F2N2O2. The molecule has 0 saturated heterocycles. The summed E-state index contributed by atoms with van der Waals surface area (Å²) >= 11 is 0. The van der Waals surface area contributed by atoms with Crippen molar-refractivity contribution < 1.29 is 18.7 Å². The van der Waals surface area contributed by atoms with Crippen molar-refractivity contribution in [2.75, 3.05) is 11.1 Å². The Hall–Kier alpha value is -2.63. The van der Waals surface area contributed by atoms with Crippen LogP contribution in [0.25, 0.3) is 0 Å². The second-order valence-corrected chi connectivity index (χ2v) is 3.82. The maximum absolute atomic E-state index is 13.5. The quantitative estimate of drug-likeness (QED) is 0.729. The minimum atomic E-state index is -0.853. The molecule has 0 aliphatic rings. The maximum atomic E-state index is 13.5. The van der Waals surface area contributed by atoms with Gasteiger partial charge in [-0.15, -0.1) is 0 Å². The number of carbonyl (C=O) groups is 1. The van der Waals surface area contributed by atoms with Gasteiger partial charge in [0.25, 0.3) is 5.91 Å². The normalized spacial score (nSPS) is 10.2. The van der Waals surface area contributed by atoms with Crippen molar-refractivity contribution in [3.63, 3.8) is 0 Å². The summed E-state index contributed by atoms with van der Waals surface area (Å²) in [5.74, 6) is -2.67. The third kappa shape index (κ3) is 2.62. The number of hydrogen-bond donors (Lipinski definition) is 3. The molecule has 1 amide bonds. The largest absolute Gasteiger partial charge is 0.507 e. The Bertz CT molecular complexity index is 624. The first kappa shape index (κ1) is 12.8. The van der Waals surface area contributed by atoms with E-state index in [1.54, 1.807) is 0 Å². The van der Waals surface area contributed by atoms with E-state index in [9.17, 15) is 18.7 Å². The van der Waals surface area contributed by atoms with Crippen molar-refractivity contribution in [1.82, 2.24) is 0 Å². The van der Waals surface area contributed by atoms with Crippen LogP contribution in [-0.4, -0.2) is 11.0 Å². The van der Waals surface area contributed by atoms with Crippen LogP contribution in [0, 0.1) is 11.6 Å². The van der Waals surface area contributed by atoms with Crippen LogP contribution in [-0.2, 0) is 0 Å². The minimum Gasteiger partial charge on any atom is -0.507 e. The van der Waals surface area contributed by atoms with Crippen molar-refractivity contribution in [2.45, 2.75) is 0 Å². The van der Waals surface area contributed by atoms with Crippen LogP contribution in [0.5, 0.6) is 5.75 Å². The molecule has 0 atom stereocenters. The molecule has 0 spiro atoms. The number of hydrogen-bond acceptors (Lipinski definition) is 3. The summed E-state index contributed by atoms with van der Waals surface area (Å²) in [6.45, 7) is 0. The topological polar surface area (TPSA) is 75.3 Å². The fourth-order valence-corrected chi connectivity index (χ4v) is 1.54. The Morgan fingerprint density at radius 1 is 1.21 bits per heavy atom. The van der Waals surface area contributed by atoms with Crippen LogP contribution >= 0.6 is 0 Å². The van der Waals surface area contributed by atoms with Gasteiger partial charge in [0, 0.05) is 0 Å². The predicted octanol–water partition coefficient (Wildman–Crippen LogP) is 2.50. The second kappa shape index (κ2) is 4.93. The number of rotatable bonds is 2. The molecule has 0 fully saturated rings. The van der Waals surface area contributed by atoms with Crippen LogP contribution in [0.1, 0.15) is 10.4 Å². The molecule has 0 radical (unpaired) electrons. The Morgan fingerprint density at radius 2 is 1.95 bits per heavy atom. The lowest BCUT2D eigenvalue weighted by Gasteiger charge is -2.10. The van der Waals surface area contributed by atoms with E-state index < -0.39 is 23.3 Å². The number of aromatic hydroxyl groups is 1. The van der Waals surface area contributed by atoms with Gasteiger partial charge in [-0.05, 0) is 30.3 Å². The highest BCUT2D eigenvalue weighted by Gasteiger charge is 2.15. The van der Waals surface area contributed by atoms with Gasteiger partial charge in [-0.2, -0.15) is 0 Å². The van der Waals surface area contributed by atoms with Crippen LogP contribution in [0.3, 0.4) is 0 Å². The third-order valence-electron chi connectivity index (χ3n) is 2.49. The Balaban J connectivity index is 2.34. The van der Waals surface area contributed by atoms with Gasteiger partial charge in [0.15, 0.2) is 0 Å². The zero-order chi connectivity index (χ0) is 14.0. The lowest BCUT2D eigenvalue weighted by atomic mass is 10.1. The first-order valence-corrected chi connectivity index (χ1v) is 5.33. The lowest BCUT2D eigenvalue weighted by molar-refractivity contribution is 0.102. The molecule has 2 aromatic carbocycles. The van der Waals surface area contributed by atoms with E-state index in [0.29, 0.717) is 0 Å².